The molecule has 0 unspecified atom stereocenters. The lowest BCUT2D eigenvalue weighted by Crippen LogP contribution is -2.05. The third kappa shape index (κ3) is 4.98. The van der Waals surface area contributed by atoms with Gasteiger partial charge < -0.3 is 14.0 Å². The Labute approximate surface area is 220 Å². The van der Waals surface area contributed by atoms with E-state index in [0.29, 0.717) is 25.6 Å². The van der Waals surface area contributed by atoms with Gasteiger partial charge in [-0.15, -0.1) is 5.10 Å². The van der Waals surface area contributed by atoms with Crippen LogP contribution < -0.4 is 0 Å². The number of tetrazole rings is 1. The number of ether oxygens (including phenoxy) is 2. The fourth-order valence-corrected chi connectivity index (χ4v) is 4.84. The average molecular weight is 508 g/mol. The van der Waals surface area contributed by atoms with Gasteiger partial charge in [-0.2, -0.15) is 0 Å². The SMILES string of the molecule is CCCCc1nc(C2OCCO2)cn1Cc1ccc(-c2ccccc2-c2nnn[nH]2)c(-c2ccccn2)c1. The zero-order valence-corrected chi connectivity index (χ0v) is 21.2. The molecule has 192 valence electrons. The first kappa shape index (κ1) is 24.1. The van der Waals surface area contributed by atoms with Crippen molar-refractivity contribution < 1.29 is 9.47 Å². The van der Waals surface area contributed by atoms with Crippen LogP contribution in [0.25, 0.3) is 33.8 Å². The molecule has 0 atom stereocenters. The number of unbranched alkanes of at least 4 members (excludes halogenated alkanes) is 1. The quantitative estimate of drug-likeness (QED) is 0.291. The highest BCUT2D eigenvalue weighted by molar-refractivity contribution is 5.89. The van der Waals surface area contributed by atoms with Crippen molar-refractivity contribution in [2.75, 3.05) is 13.2 Å². The summed E-state index contributed by atoms with van der Waals surface area (Å²) in [5, 5.41) is 14.6. The molecule has 1 aliphatic rings. The van der Waals surface area contributed by atoms with Crippen LogP contribution in [0.5, 0.6) is 0 Å². The summed E-state index contributed by atoms with van der Waals surface area (Å²) in [6.45, 7) is 4.08. The largest absolute Gasteiger partial charge is 0.345 e. The Morgan fingerprint density at radius 2 is 1.76 bits per heavy atom. The molecule has 5 aromatic rings. The molecule has 6 rings (SSSR count). The number of aryl methyl sites for hydroxylation is 1. The Morgan fingerprint density at radius 1 is 0.947 bits per heavy atom. The highest BCUT2D eigenvalue weighted by Gasteiger charge is 2.23. The van der Waals surface area contributed by atoms with Gasteiger partial charge in [0.1, 0.15) is 11.5 Å². The number of pyridine rings is 1. The van der Waals surface area contributed by atoms with Crippen LogP contribution in [0.3, 0.4) is 0 Å². The van der Waals surface area contributed by atoms with E-state index in [0.717, 1.165) is 64.3 Å². The van der Waals surface area contributed by atoms with Crippen molar-refractivity contribution in [2.45, 2.75) is 39.0 Å². The van der Waals surface area contributed by atoms with E-state index < -0.39 is 0 Å². The number of rotatable bonds is 9. The van der Waals surface area contributed by atoms with Gasteiger partial charge in [0.15, 0.2) is 5.82 Å². The van der Waals surface area contributed by atoms with Gasteiger partial charge in [-0.05, 0) is 51.7 Å². The number of nitrogens with zero attached hydrogens (tertiary/aromatic N) is 6. The molecule has 1 aliphatic heterocycles. The number of aromatic amines is 1. The second-order valence-electron chi connectivity index (χ2n) is 9.28. The lowest BCUT2D eigenvalue weighted by molar-refractivity contribution is -0.0471. The maximum Gasteiger partial charge on any atom is 0.202 e. The molecule has 0 saturated carbocycles. The normalized spacial score (nSPS) is 13.8. The van der Waals surface area contributed by atoms with Crippen LogP contribution in [0.4, 0.5) is 0 Å². The van der Waals surface area contributed by atoms with E-state index >= 15 is 0 Å². The van der Waals surface area contributed by atoms with Crippen molar-refractivity contribution in [1.82, 2.24) is 35.2 Å². The molecule has 9 nitrogen and oxygen atoms in total. The van der Waals surface area contributed by atoms with Crippen LogP contribution in [0.2, 0.25) is 0 Å². The van der Waals surface area contributed by atoms with Crippen molar-refractivity contribution in [1.29, 1.82) is 0 Å². The monoisotopic (exact) mass is 507 g/mol. The van der Waals surface area contributed by atoms with Crippen LogP contribution in [-0.2, 0) is 22.4 Å². The molecule has 1 fully saturated rings. The zero-order chi connectivity index (χ0) is 25.7. The molecular weight excluding hydrogens is 478 g/mol. The molecule has 1 N–H and O–H groups in total. The average Bonchev–Trinajstić information content (AvgIpc) is 3.75. The fourth-order valence-electron chi connectivity index (χ4n) is 4.84. The summed E-state index contributed by atoms with van der Waals surface area (Å²) in [7, 11) is 0. The Balaban J connectivity index is 1.41. The van der Waals surface area contributed by atoms with E-state index in [9.17, 15) is 0 Å². The molecule has 9 heteroatoms. The Morgan fingerprint density at radius 3 is 2.53 bits per heavy atom. The molecule has 4 heterocycles. The minimum Gasteiger partial charge on any atom is -0.345 e. The summed E-state index contributed by atoms with van der Waals surface area (Å²) in [4.78, 5) is 9.58. The second kappa shape index (κ2) is 11.0. The third-order valence-corrected chi connectivity index (χ3v) is 6.69. The maximum absolute atomic E-state index is 5.72. The standard InChI is InChI=1S/C29H29N7O2/c1-2-3-11-27-31-26(29-37-15-16-38-29)19-36(27)18-20-12-13-22(24(17-20)25-10-6-7-14-30-25)21-8-4-5-9-23(21)28-32-34-35-33-28/h4-10,12-14,17,19,29H,2-3,11,15-16,18H2,1H3,(H,32,33,34,35). The maximum atomic E-state index is 5.72. The van der Waals surface area contributed by atoms with Crippen LogP contribution in [0.15, 0.2) is 73.1 Å². The Bertz CT molecular complexity index is 1490. The number of aromatic nitrogens is 7. The van der Waals surface area contributed by atoms with Crippen LogP contribution in [-0.4, -0.2) is 48.4 Å². The zero-order valence-electron chi connectivity index (χ0n) is 21.2. The van der Waals surface area contributed by atoms with Crippen molar-refractivity contribution in [3.8, 4) is 33.8 Å². The van der Waals surface area contributed by atoms with E-state index in [1.165, 1.54) is 0 Å². The van der Waals surface area contributed by atoms with E-state index in [1.54, 1.807) is 0 Å². The topological polar surface area (TPSA) is 104 Å². The van der Waals surface area contributed by atoms with Gasteiger partial charge in [0.25, 0.3) is 0 Å². The summed E-state index contributed by atoms with van der Waals surface area (Å²) >= 11 is 0. The summed E-state index contributed by atoms with van der Waals surface area (Å²) in [6, 6.07) is 20.7. The minimum absolute atomic E-state index is 0.384. The number of hydrogen-bond donors (Lipinski definition) is 1. The van der Waals surface area contributed by atoms with Gasteiger partial charge in [-0.1, -0.05) is 55.8 Å². The number of hydrogen-bond acceptors (Lipinski definition) is 7. The number of benzene rings is 2. The minimum atomic E-state index is -0.384. The van der Waals surface area contributed by atoms with Gasteiger partial charge in [0.05, 0.1) is 18.9 Å². The summed E-state index contributed by atoms with van der Waals surface area (Å²) < 4.78 is 13.7. The fraction of sp³-hybridized carbons (Fsp3) is 0.276. The summed E-state index contributed by atoms with van der Waals surface area (Å²) in [5.74, 6) is 1.67. The first-order valence-electron chi connectivity index (χ1n) is 13.0. The van der Waals surface area contributed by atoms with Crippen LogP contribution >= 0.6 is 0 Å². The number of H-pyrrole nitrogens is 1. The molecular formula is C29H29N7O2. The molecule has 38 heavy (non-hydrogen) atoms. The molecule has 0 spiro atoms. The van der Waals surface area contributed by atoms with E-state index in [4.69, 9.17) is 14.5 Å². The lowest BCUT2D eigenvalue weighted by Gasteiger charge is -2.15. The second-order valence-corrected chi connectivity index (χ2v) is 9.28. The molecule has 2 aromatic carbocycles. The van der Waals surface area contributed by atoms with E-state index in [2.05, 4.69) is 67.6 Å². The van der Waals surface area contributed by atoms with E-state index in [1.807, 2.05) is 42.6 Å². The molecule has 3 aromatic heterocycles. The summed E-state index contributed by atoms with van der Waals surface area (Å²) in [6.07, 6.45) is 6.61. The predicted molar refractivity (Wildman–Crippen MR) is 143 cm³/mol. The van der Waals surface area contributed by atoms with Gasteiger partial charge in [0.2, 0.25) is 6.29 Å². The van der Waals surface area contributed by atoms with Crippen LogP contribution in [0.1, 0.15) is 43.1 Å². The summed E-state index contributed by atoms with van der Waals surface area (Å²) in [5.41, 5.74) is 6.96. The first-order valence-corrected chi connectivity index (χ1v) is 13.0. The number of imidazole rings is 1. The van der Waals surface area contributed by atoms with Gasteiger partial charge in [-0.25, -0.2) is 10.1 Å². The van der Waals surface area contributed by atoms with Gasteiger partial charge >= 0.3 is 0 Å². The van der Waals surface area contributed by atoms with Crippen molar-refractivity contribution in [3.05, 3.63) is 90.1 Å². The van der Waals surface area contributed by atoms with Crippen LogP contribution in [0, 0.1) is 0 Å². The Hall–Kier alpha value is -4.21. The third-order valence-electron chi connectivity index (χ3n) is 6.69. The molecule has 0 amide bonds. The molecule has 0 radical (unpaired) electrons. The van der Waals surface area contributed by atoms with Crippen molar-refractivity contribution >= 4 is 0 Å². The van der Waals surface area contributed by atoms with E-state index in [-0.39, 0.29) is 6.29 Å². The predicted octanol–water partition coefficient (Wildman–Crippen LogP) is 5.23. The molecule has 0 bridgehead atoms. The molecule has 0 aliphatic carbocycles. The Kier molecular flexibility index (Phi) is 7.01. The lowest BCUT2D eigenvalue weighted by atomic mass is 9.92. The van der Waals surface area contributed by atoms with Gasteiger partial charge in [0, 0.05) is 36.5 Å². The van der Waals surface area contributed by atoms with Gasteiger partial charge in [-0.3, -0.25) is 4.98 Å². The van der Waals surface area contributed by atoms with Crippen molar-refractivity contribution in [3.63, 3.8) is 0 Å². The smallest absolute Gasteiger partial charge is 0.202 e. The molecule has 1 saturated heterocycles. The first-order chi connectivity index (χ1) is 18.8. The highest BCUT2D eigenvalue weighted by Crippen LogP contribution is 2.37. The highest BCUT2D eigenvalue weighted by atomic mass is 16.7. The van der Waals surface area contributed by atoms with Crippen molar-refractivity contribution in [2.24, 2.45) is 0 Å². The number of nitrogens with one attached hydrogen (secondary N) is 1.